The van der Waals surface area contributed by atoms with Crippen LogP contribution in [0.2, 0.25) is 0 Å². The molecule has 0 radical (unpaired) electrons. The fourth-order valence-electron chi connectivity index (χ4n) is 3.16. The van der Waals surface area contributed by atoms with Crippen LogP contribution >= 0.6 is 0 Å². The number of benzene rings is 1. The van der Waals surface area contributed by atoms with Gasteiger partial charge in [-0.3, -0.25) is 0 Å². The van der Waals surface area contributed by atoms with Crippen LogP contribution in [0.1, 0.15) is 24.2 Å². The predicted octanol–water partition coefficient (Wildman–Crippen LogP) is 2.19. The van der Waals surface area contributed by atoms with Crippen LogP contribution in [-0.4, -0.2) is 18.2 Å². The van der Waals surface area contributed by atoms with Gasteiger partial charge < -0.3 is 14.2 Å². The number of fused-ring (bicyclic) bond motifs is 3. The number of rotatable bonds is 2. The Labute approximate surface area is 127 Å². The van der Waals surface area contributed by atoms with E-state index in [9.17, 15) is 9.59 Å². The monoisotopic (exact) mass is 298 g/mol. The molecule has 1 saturated heterocycles. The van der Waals surface area contributed by atoms with E-state index in [0.29, 0.717) is 11.1 Å². The number of ether oxygens (including phenoxy) is 3. The first-order valence-corrected chi connectivity index (χ1v) is 7.17. The van der Waals surface area contributed by atoms with Gasteiger partial charge in [-0.15, -0.1) is 0 Å². The number of carbonyl (C=O) groups excluding carboxylic acids is 2. The SMILES string of the molecule is CC1=C[C@H](O/C=C2\C(=O)O[C@@H]3c4ccccc4C[C@H]23)OC1=O. The normalized spacial score (nSPS) is 30.7. The summed E-state index contributed by atoms with van der Waals surface area (Å²) in [5, 5.41) is 0. The lowest BCUT2D eigenvalue weighted by Gasteiger charge is -2.09. The Balaban J connectivity index is 1.55. The zero-order chi connectivity index (χ0) is 15.3. The first-order chi connectivity index (χ1) is 10.6. The molecule has 0 N–H and O–H groups in total. The van der Waals surface area contributed by atoms with Crippen LogP contribution in [0.4, 0.5) is 0 Å². The quantitative estimate of drug-likeness (QED) is 0.476. The van der Waals surface area contributed by atoms with Gasteiger partial charge in [0.05, 0.1) is 11.8 Å². The maximum absolute atomic E-state index is 12.0. The van der Waals surface area contributed by atoms with Gasteiger partial charge in [0, 0.05) is 17.6 Å². The first kappa shape index (κ1) is 13.1. The molecule has 3 aliphatic rings. The number of hydrogen-bond donors (Lipinski definition) is 0. The van der Waals surface area contributed by atoms with Crippen molar-refractivity contribution in [2.24, 2.45) is 5.92 Å². The van der Waals surface area contributed by atoms with Crippen LogP contribution in [0.25, 0.3) is 0 Å². The number of esters is 2. The Bertz CT molecular complexity index is 730. The van der Waals surface area contributed by atoms with Crippen molar-refractivity contribution in [1.82, 2.24) is 0 Å². The Hall–Kier alpha value is -2.56. The minimum atomic E-state index is -0.768. The molecule has 0 saturated carbocycles. The molecular weight excluding hydrogens is 284 g/mol. The van der Waals surface area contributed by atoms with E-state index < -0.39 is 12.3 Å². The summed E-state index contributed by atoms with van der Waals surface area (Å²) in [6.45, 7) is 1.66. The summed E-state index contributed by atoms with van der Waals surface area (Å²) >= 11 is 0. The summed E-state index contributed by atoms with van der Waals surface area (Å²) < 4.78 is 15.9. The summed E-state index contributed by atoms with van der Waals surface area (Å²) in [6, 6.07) is 7.96. The lowest BCUT2D eigenvalue weighted by molar-refractivity contribution is -0.152. The largest absolute Gasteiger partial charge is 0.458 e. The summed E-state index contributed by atoms with van der Waals surface area (Å²) in [7, 11) is 0. The standard InChI is InChI=1S/C17H14O5/c1-9-6-14(21-16(9)18)20-8-13-12-7-10-4-2-3-5-11(10)15(12)22-17(13)19/h2-6,8,12,14-15H,7H2,1H3/b13-8-/t12-,14-,15-/m1/s1. The minimum Gasteiger partial charge on any atom is -0.458 e. The molecule has 3 atom stereocenters. The third-order valence-electron chi connectivity index (χ3n) is 4.30. The van der Waals surface area contributed by atoms with Crippen molar-refractivity contribution in [2.75, 3.05) is 0 Å². The van der Waals surface area contributed by atoms with Gasteiger partial charge in [-0.05, 0) is 24.5 Å². The predicted molar refractivity (Wildman–Crippen MR) is 75.3 cm³/mol. The number of hydrogen-bond acceptors (Lipinski definition) is 5. The minimum absolute atomic E-state index is 0.0351. The Kier molecular flexibility index (Phi) is 2.82. The maximum atomic E-state index is 12.0. The van der Waals surface area contributed by atoms with Gasteiger partial charge in [-0.2, -0.15) is 0 Å². The highest BCUT2D eigenvalue weighted by atomic mass is 16.7. The van der Waals surface area contributed by atoms with Crippen molar-refractivity contribution >= 4 is 11.9 Å². The maximum Gasteiger partial charge on any atom is 0.338 e. The average Bonchev–Trinajstić information content (AvgIpc) is 3.10. The van der Waals surface area contributed by atoms with Crippen molar-refractivity contribution in [2.45, 2.75) is 25.7 Å². The van der Waals surface area contributed by atoms with Crippen molar-refractivity contribution in [3.05, 3.63) is 58.9 Å². The third kappa shape index (κ3) is 1.93. The lowest BCUT2D eigenvalue weighted by Crippen LogP contribution is -2.11. The molecule has 1 aromatic rings. The lowest BCUT2D eigenvalue weighted by atomic mass is 9.98. The van der Waals surface area contributed by atoms with Crippen LogP contribution in [0.5, 0.6) is 0 Å². The van der Waals surface area contributed by atoms with Crippen LogP contribution in [0, 0.1) is 5.92 Å². The third-order valence-corrected chi connectivity index (χ3v) is 4.30. The second kappa shape index (κ2) is 4.73. The molecule has 22 heavy (non-hydrogen) atoms. The Morgan fingerprint density at radius 3 is 2.77 bits per heavy atom. The van der Waals surface area contributed by atoms with Gasteiger partial charge in [0.1, 0.15) is 6.10 Å². The molecule has 1 aromatic carbocycles. The smallest absolute Gasteiger partial charge is 0.338 e. The molecule has 112 valence electrons. The van der Waals surface area contributed by atoms with E-state index in [4.69, 9.17) is 14.2 Å². The highest BCUT2D eigenvalue weighted by molar-refractivity contribution is 5.92. The highest BCUT2D eigenvalue weighted by Crippen LogP contribution is 2.47. The van der Waals surface area contributed by atoms with Crippen molar-refractivity contribution < 1.29 is 23.8 Å². The van der Waals surface area contributed by atoms with Crippen LogP contribution < -0.4 is 0 Å². The molecule has 2 heterocycles. The molecule has 0 aromatic heterocycles. The van der Waals surface area contributed by atoms with E-state index in [-0.39, 0.29) is 18.0 Å². The fourth-order valence-corrected chi connectivity index (χ4v) is 3.16. The van der Waals surface area contributed by atoms with Gasteiger partial charge in [0.2, 0.25) is 0 Å². The summed E-state index contributed by atoms with van der Waals surface area (Å²) in [4.78, 5) is 23.3. The second-order valence-corrected chi connectivity index (χ2v) is 5.67. The Morgan fingerprint density at radius 1 is 1.18 bits per heavy atom. The molecule has 1 aliphatic carbocycles. The fraction of sp³-hybridized carbons (Fsp3) is 0.294. The van der Waals surface area contributed by atoms with E-state index in [1.165, 1.54) is 11.8 Å². The van der Waals surface area contributed by atoms with Gasteiger partial charge >= 0.3 is 11.9 Å². The molecule has 5 nitrogen and oxygen atoms in total. The van der Waals surface area contributed by atoms with Gasteiger partial charge in [0.15, 0.2) is 0 Å². The van der Waals surface area contributed by atoms with E-state index in [1.54, 1.807) is 13.0 Å². The zero-order valence-electron chi connectivity index (χ0n) is 11.9. The zero-order valence-corrected chi connectivity index (χ0v) is 11.9. The van der Waals surface area contributed by atoms with E-state index >= 15 is 0 Å². The molecule has 0 unspecified atom stereocenters. The summed E-state index contributed by atoms with van der Waals surface area (Å²) in [5.41, 5.74) is 3.25. The van der Waals surface area contributed by atoms with Crippen LogP contribution in [-0.2, 0) is 30.2 Å². The molecular formula is C17H14O5. The molecule has 4 rings (SSSR count). The number of cyclic esters (lactones) is 1. The topological polar surface area (TPSA) is 61.8 Å². The van der Waals surface area contributed by atoms with Crippen molar-refractivity contribution in [3.63, 3.8) is 0 Å². The van der Waals surface area contributed by atoms with Gasteiger partial charge in [0.25, 0.3) is 6.29 Å². The molecule has 0 amide bonds. The van der Waals surface area contributed by atoms with Crippen molar-refractivity contribution in [3.8, 4) is 0 Å². The molecule has 0 bridgehead atoms. The summed E-state index contributed by atoms with van der Waals surface area (Å²) in [6.07, 6.45) is 2.71. The first-order valence-electron chi connectivity index (χ1n) is 7.17. The average molecular weight is 298 g/mol. The van der Waals surface area contributed by atoms with E-state index in [0.717, 1.165) is 12.0 Å². The van der Waals surface area contributed by atoms with E-state index in [1.807, 2.05) is 24.3 Å². The second-order valence-electron chi connectivity index (χ2n) is 5.67. The molecule has 0 spiro atoms. The highest BCUT2D eigenvalue weighted by Gasteiger charge is 2.46. The molecule has 2 aliphatic heterocycles. The summed E-state index contributed by atoms with van der Waals surface area (Å²) in [5.74, 6) is -0.801. The molecule has 1 fully saturated rings. The van der Waals surface area contributed by atoms with Crippen molar-refractivity contribution in [1.29, 1.82) is 0 Å². The van der Waals surface area contributed by atoms with Gasteiger partial charge in [-0.1, -0.05) is 24.3 Å². The van der Waals surface area contributed by atoms with Crippen LogP contribution in [0.3, 0.4) is 0 Å². The molecule has 5 heteroatoms. The number of carbonyl (C=O) groups is 2. The van der Waals surface area contributed by atoms with E-state index in [2.05, 4.69) is 0 Å². The van der Waals surface area contributed by atoms with Crippen LogP contribution in [0.15, 0.2) is 47.7 Å². The van der Waals surface area contributed by atoms with Gasteiger partial charge in [-0.25, -0.2) is 9.59 Å². The Morgan fingerprint density at radius 2 is 2.00 bits per heavy atom.